The highest BCUT2D eigenvalue weighted by atomic mass is 79.9. The first-order valence-electron chi connectivity index (χ1n) is 5.96. The molecule has 0 unspecified atom stereocenters. The molecule has 0 amide bonds. The van der Waals surface area contributed by atoms with Crippen LogP contribution in [0.5, 0.6) is 0 Å². The SMILES string of the molecule is CN(c1ccc(Br)cc1N)C1CCCCC1. The largest absolute Gasteiger partial charge is 0.397 e. The van der Waals surface area contributed by atoms with E-state index < -0.39 is 0 Å². The lowest BCUT2D eigenvalue weighted by atomic mass is 9.94. The van der Waals surface area contributed by atoms with Gasteiger partial charge in [-0.2, -0.15) is 0 Å². The summed E-state index contributed by atoms with van der Waals surface area (Å²) in [6, 6.07) is 6.81. The van der Waals surface area contributed by atoms with E-state index in [1.807, 2.05) is 6.07 Å². The maximum absolute atomic E-state index is 6.06. The van der Waals surface area contributed by atoms with E-state index >= 15 is 0 Å². The van der Waals surface area contributed by atoms with Gasteiger partial charge < -0.3 is 10.6 Å². The van der Waals surface area contributed by atoms with Gasteiger partial charge in [0, 0.05) is 17.6 Å². The molecule has 0 atom stereocenters. The summed E-state index contributed by atoms with van der Waals surface area (Å²) in [5.41, 5.74) is 8.08. The van der Waals surface area contributed by atoms with Gasteiger partial charge in [-0.05, 0) is 31.0 Å². The molecule has 1 aromatic rings. The summed E-state index contributed by atoms with van der Waals surface area (Å²) in [4.78, 5) is 2.35. The molecule has 0 saturated heterocycles. The van der Waals surface area contributed by atoms with Crippen molar-refractivity contribution >= 4 is 27.3 Å². The molecule has 2 N–H and O–H groups in total. The number of hydrogen-bond donors (Lipinski definition) is 1. The molecule has 1 saturated carbocycles. The number of nitrogen functional groups attached to an aromatic ring is 1. The van der Waals surface area contributed by atoms with E-state index in [1.165, 1.54) is 32.1 Å². The van der Waals surface area contributed by atoms with Crippen LogP contribution in [0.1, 0.15) is 32.1 Å². The van der Waals surface area contributed by atoms with Crippen molar-refractivity contribution in [2.45, 2.75) is 38.1 Å². The number of rotatable bonds is 2. The molecule has 88 valence electrons. The Balaban J connectivity index is 2.15. The quantitative estimate of drug-likeness (QED) is 0.836. The van der Waals surface area contributed by atoms with Crippen LogP contribution in [0.4, 0.5) is 11.4 Å². The zero-order valence-electron chi connectivity index (χ0n) is 9.75. The van der Waals surface area contributed by atoms with Crippen LogP contribution in [-0.4, -0.2) is 13.1 Å². The summed E-state index contributed by atoms with van der Waals surface area (Å²) >= 11 is 3.44. The Morgan fingerprint density at radius 1 is 1.25 bits per heavy atom. The van der Waals surface area contributed by atoms with Gasteiger partial charge in [-0.25, -0.2) is 0 Å². The van der Waals surface area contributed by atoms with E-state index in [0.717, 1.165) is 15.8 Å². The maximum Gasteiger partial charge on any atom is 0.0600 e. The molecule has 2 nitrogen and oxygen atoms in total. The van der Waals surface area contributed by atoms with Gasteiger partial charge in [0.15, 0.2) is 0 Å². The third-order valence-electron chi connectivity index (χ3n) is 3.49. The Morgan fingerprint density at radius 3 is 2.56 bits per heavy atom. The number of anilines is 2. The molecule has 0 aliphatic heterocycles. The number of benzene rings is 1. The van der Waals surface area contributed by atoms with Gasteiger partial charge in [0.2, 0.25) is 0 Å². The molecule has 1 aliphatic carbocycles. The van der Waals surface area contributed by atoms with E-state index in [0.29, 0.717) is 6.04 Å². The van der Waals surface area contributed by atoms with Crippen molar-refractivity contribution < 1.29 is 0 Å². The second kappa shape index (κ2) is 5.09. The Morgan fingerprint density at radius 2 is 1.94 bits per heavy atom. The lowest BCUT2D eigenvalue weighted by Crippen LogP contribution is -2.33. The molecule has 1 aliphatic rings. The second-order valence-electron chi connectivity index (χ2n) is 4.61. The van der Waals surface area contributed by atoms with E-state index in [1.54, 1.807) is 0 Å². The summed E-state index contributed by atoms with van der Waals surface area (Å²) in [6.45, 7) is 0. The molecule has 0 heterocycles. The van der Waals surface area contributed by atoms with Crippen LogP contribution < -0.4 is 10.6 Å². The van der Waals surface area contributed by atoms with Crippen molar-refractivity contribution in [2.75, 3.05) is 17.7 Å². The van der Waals surface area contributed by atoms with Crippen LogP contribution in [-0.2, 0) is 0 Å². The first kappa shape index (κ1) is 11.8. The highest BCUT2D eigenvalue weighted by molar-refractivity contribution is 9.10. The average molecular weight is 283 g/mol. The predicted molar refractivity (Wildman–Crippen MR) is 73.8 cm³/mol. The van der Waals surface area contributed by atoms with E-state index in [-0.39, 0.29) is 0 Å². The highest BCUT2D eigenvalue weighted by Gasteiger charge is 2.19. The van der Waals surface area contributed by atoms with Crippen molar-refractivity contribution in [3.8, 4) is 0 Å². The summed E-state index contributed by atoms with van der Waals surface area (Å²) in [5, 5.41) is 0. The van der Waals surface area contributed by atoms with Crippen molar-refractivity contribution in [2.24, 2.45) is 0 Å². The van der Waals surface area contributed by atoms with E-state index in [2.05, 4.69) is 40.0 Å². The molecule has 0 bridgehead atoms. The van der Waals surface area contributed by atoms with Crippen molar-refractivity contribution in [1.29, 1.82) is 0 Å². The zero-order valence-corrected chi connectivity index (χ0v) is 11.3. The minimum Gasteiger partial charge on any atom is -0.397 e. The number of hydrogen-bond acceptors (Lipinski definition) is 2. The fourth-order valence-electron chi connectivity index (χ4n) is 2.51. The number of nitrogens with zero attached hydrogens (tertiary/aromatic N) is 1. The smallest absolute Gasteiger partial charge is 0.0600 e. The fourth-order valence-corrected chi connectivity index (χ4v) is 2.89. The third-order valence-corrected chi connectivity index (χ3v) is 3.99. The van der Waals surface area contributed by atoms with Crippen LogP contribution >= 0.6 is 15.9 Å². The summed E-state index contributed by atoms with van der Waals surface area (Å²) in [7, 11) is 2.16. The Labute approximate surface area is 106 Å². The minimum atomic E-state index is 0.664. The van der Waals surface area contributed by atoms with Gasteiger partial charge in [-0.15, -0.1) is 0 Å². The predicted octanol–water partition coefficient (Wildman–Crippen LogP) is 3.80. The first-order chi connectivity index (χ1) is 7.68. The van der Waals surface area contributed by atoms with Gasteiger partial charge in [0.1, 0.15) is 0 Å². The van der Waals surface area contributed by atoms with Gasteiger partial charge in [-0.3, -0.25) is 0 Å². The summed E-state index contributed by atoms with van der Waals surface area (Å²) < 4.78 is 1.05. The zero-order chi connectivity index (χ0) is 11.5. The molecular formula is C13H19BrN2. The summed E-state index contributed by atoms with van der Waals surface area (Å²) in [6.07, 6.45) is 6.69. The molecule has 0 radical (unpaired) electrons. The van der Waals surface area contributed by atoms with Crippen LogP contribution in [0.2, 0.25) is 0 Å². The van der Waals surface area contributed by atoms with Crippen LogP contribution in [0.15, 0.2) is 22.7 Å². The fraction of sp³-hybridized carbons (Fsp3) is 0.538. The van der Waals surface area contributed by atoms with Gasteiger partial charge >= 0.3 is 0 Å². The normalized spacial score (nSPS) is 17.4. The lowest BCUT2D eigenvalue weighted by molar-refractivity contribution is 0.428. The van der Waals surface area contributed by atoms with Crippen molar-refractivity contribution in [3.63, 3.8) is 0 Å². The molecule has 0 aromatic heterocycles. The molecule has 2 rings (SSSR count). The molecule has 1 aromatic carbocycles. The van der Waals surface area contributed by atoms with Crippen LogP contribution in [0.25, 0.3) is 0 Å². The van der Waals surface area contributed by atoms with Crippen LogP contribution in [0, 0.1) is 0 Å². The monoisotopic (exact) mass is 282 g/mol. The Bertz CT molecular complexity index is 359. The second-order valence-corrected chi connectivity index (χ2v) is 5.52. The molecular weight excluding hydrogens is 264 g/mol. The standard InChI is InChI=1S/C13H19BrN2/c1-16(11-5-3-2-4-6-11)13-8-7-10(14)9-12(13)15/h7-9,11H,2-6,15H2,1H3. The molecule has 16 heavy (non-hydrogen) atoms. The van der Waals surface area contributed by atoms with E-state index in [4.69, 9.17) is 5.73 Å². The first-order valence-corrected chi connectivity index (χ1v) is 6.75. The molecule has 0 spiro atoms. The van der Waals surface area contributed by atoms with Crippen molar-refractivity contribution in [3.05, 3.63) is 22.7 Å². The third kappa shape index (κ3) is 2.51. The average Bonchev–Trinajstić information content (AvgIpc) is 2.29. The lowest BCUT2D eigenvalue weighted by Gasteiger charge is -2.33. The topological polar surface area (TPSA) is 29.3 Å². The molecule has 1 fully saturated rings. The van der Waals surface area contributed by atoms with Gasteiger partial charge in [0.05, 0.1) is 11.4 Å². The molecule has 3 heteroatoms. The van der Waals surface area contributed by atoms with Gasteiger partial charge in [0.25, 0.3) is 0 Å². The van der Waals surface area contributed by atoms with Crippen LogP contribution in [0.3, 0.4) is 0 Å². The Kier molecular flexibility index (Phi) is 3.74. The van der Waals surface area contributed by atoms with E-state index in [9.17, 15) is 0 Å². The minimum absolute atomic E-state index is 0.664. The highest BCUT2D eigenvalue weighted by Crippen LogP contribution is 2.31. The summed E-state index contributed by atoms with van der Waals surface area (Å²) in [5.74, 6) is 0. The van der Waals surface area contributed by atoms with Gasteiger partial charge in [-0.1, -0.05) is 35.2 Å². The Hall–Kier alpha value is -0.700. The number of halogens is 1. The number of nitrogens with two attached hydrogens (primary N) is 1. The maximum atomic E-state index is 6.06. The van der Waals surface area contributed by atoms with Crippen molar-refractivity contribution in [1.82, 2.24) is 0 Å².